The fourth-order valence-corrected chi connectivity index (χ4v) is 4.38. The van der Waals surface area contributed by atoms with Gasteiger partial charge in [-0.1, -0.05) is 6.92 Å². The van der Waals surface area contributed by atoms with Crippen LogP contribution in [0.1, 0.15) is 61.4 Å². The van der Waals surface area contributed by atoms with Crippen molar-refractivity contribution in [3.05, 3.63) is 23.3 Å². The van der Waals surface area contributed by atoms with Gasteiger partial charge < -0.3 is 21.1 Å². The Morgan fingerprint density at radius 3 is 2.54 bits per heavy atom. The number of Topliss-reactive ketones (excluding diaryl/α,β-unsaturated/α-hetero) is 3. The van der Waals surface area contributed by atoms with E-state index in [1.54, 1.807) is 6.07 Å². The summed E-state index contributed by atoms with van der Waals surface area (Å²) >= 11 is 0. The van der Waals surface area contributed by atoms with Gasteiger partial charge in [0.1, 0.15) is 17.3 Å². The van der Waals surface area contributed by atoms with Gasteiger partial charge in [-0.2, -0.15) is 0 Å². The normalized spacial score (nSPS) is 21.1. The number of nitrogen functional groups attached to an aromatic ring is 1. The Morgan fingerprint density at radius 1 is 1.29 bits per heavy atom. The van der Waals surface area contributed by atoms with Gasteiger partial charge in [0, 0.05) is 24.6 Å². The van der Waals surface area contributed by atoms with Crippen molar-refractivity contribution >= 4 is 23.0 Å². The first-order valence-corrected chi connectivity index (χ1v) is 9.59. The molecule has 0 radical (unpaired) electrons. The van der Waals surface area contributed by atoms with Crippen molar-refractivity contribution in [2.75, 3.05) is 18.9 Å². The van der Waals surface area contributed by atoms with Crippen molar-refractivity contribution in [2.24, 2.45) is 17.8 Å². The Labute approximate surface area is 164 Å². The minimum absolute atomic E-state index is 0.0868. The number of aliphatic hydroxyl groups is 2. The van der Waals surface area contributed by atoms with E-state index >= 15 is 0 Å². The summed E-state index contributed by atoms with van der Waals surface area (Å²) in [6, 6.07) is 2.98. The zero-order chi connectivity index (χ0) is 21.0. The van der Waals surface area contributed by atoms with Crippen molar-refractivity contribution in [1.82, 2.24) is 0 Å². The molecule has 0 saturated heterocycles. The number of phenols is 1. The van der Waals surface area contributed by atoms with Crippen LogP contribution in [0.5, 0.6) is 5.75 Å². The average molecular weight is 391 g/mol. The van der Waals surface area contributed by atoms with Gasteiger partial charge in [-0.05, 0) is 55.2 Å². The lowest BCUT2D eigenvalue weighted by molar-refractivity contribution is -0.131. The van der Waals surface area contributed by atoms with E-state index in [0.29, 0.717) is 17.7 Å². The first kappa shape index (κ1) is 22.0. The highest BCUT2D eigenvalue weighted by Gasteiger charge is 2.38. The zero-order valence-corrected chi connectivity index (χ0v) is 16.4. The topological polar surface area (TPSA) is 138 Å². The molecule has 5 N–H and O–H groups in total. The Morgan fingerprint density at radius 2 is 1.96 bits per heavy atom. The van der Waals surface area contributed by atoms with E-state index in [0.717, 1.165) is 0 Å². The van der Waals surface area contributed by atoms with Gasteiger partial charge in [0.05, 0.1) is 18.6 Å². The first-order valence-electron chi connectivity index (χ1n) is 9.59. The predicted molar refractivity (Wildman–Crippen MR) is 104 cm³/mol. The van der Waals surface area contributed by atoms with E-state index in [1.807, 2.05) is 6.92 Å². The summed E-state index contributed by atoms with van der Waals surface area (Å²) in [5, 5.41) is 29.3. The van der Waals surface area contributed by atoms with Crippen molar-refractivity contribution in [3.63, 3.8) is 0 Å². The van der Waals surface area contributed by atoms with Crippen LogP contribution in [0.4, 0.5) is 5.69 Å². The molecule has 0 amide bonds. The molecule has 0 heterocycles. The third kappa shape index (κ3) is 4.59. The zero-order valence-electron chi connectivity index (χ0n) is 16.4. The summed E-state index contributed by atoms with van der Waals surface area (Å²) in [5.74, 6) is -2.32. The quantitative estimate of drug-likeness (QED) is 0.286. The first-order chi connectivity index (χ1) is 13.2. The molecular weight excluding hydrogens is 362 g/mol. The molecule has 7 heteroatoms. The van der Waals surface area contributed by atoms with Gasteiger partial charge in [-0.15, -0.1) is 0 Å². The maximum atomic E-state index is 12.6. The number of aliphatic hydroxyl groups excluding tert-OH is 2. The third-order valence-corrected chi connectivity index (χ3v) is 5.85. The number of phenolic OH excluding ortho intramolecular Hbond substituents is 1. The van der Waals surface area contributed by atoms with Crippen LogP contribution in [0.15, 0.2) is 12.1 Å². The Kier molecular flexibility index (Phi) is 7.32. The third-order valence-electron chi connectivity index (χ3n) is 5.85. The van der Waals surface area contributed by atoms with E-state index in [-0.39, 0.29) is 72.3 Å². The lowest BCUT2D eigenvalue weighted by Crippen LogP contribution is -2.33. The van der Waals surface area contributed by atoms with Gasteiger partial charge in [0.25, 0.3) is 0 Å². The number of benzene rings is 1. The molecule has 1 aliphatic rings. The number of rotatable bonds is 9. The number of aromatic hydroxyl groups is 1. The van der Waals surface area contributed by atoms with E-state index in [1.165, 1.54) is 13.0 Å². The molecule has 7 nitrogen and oxygen atoms in total. The number of ketones is 3. The molecule has 4 atom stereocenters. The number of carbonyl (C=O) groups is 3. The Bertz CT molecular complexity index is 760. The molecule has 0 aromatic heterocycles. The van der Waals surface area contributed by atoms with Crippen molar-refractivity contribution < 1.29 is 29.7 Å². The Hall–Kier alpha value is -2.25. The van der Waals surface area contributed by atoms with Crippen LogP contribution in [0.3, 0.4) is 0 Å². The van der Waals surface area contributed by atoms with Gasteiger partial charge in [0.2, 0.25) is 0 Å². The van der Waals surface area contributed by atoms with E-state index in [9.17, 15) is 29.7 Å². The number of fused-ring (bicyclic) bond motifs is 1. The molecule has 1 aromatic rings. The fraction of sp³-hybridized carbons (Fsp3) is 0.571. The summed E-state index contributed by atoms with van der Waals surface area (Å²) in [6.07, 6.45) is 0.646. The molecule has 0 bridgehead atoms. The predicted octanol–water partition coefficient (Wildman–Crippen LogP) is 1.83. The van der Waals surface area contributed by atoms with Crippen LogP contribution < -0.4 is 5.73 Å². The number of hydrogen-bond donors (Lipinski definition) is 4. The van der Waals surface area contributed by atoms with Gasteiger partial charge in [-0.25, -0.2) is 0 Å². The largest absolute Gasteiger partial charge is 0.507 e. The van der Waals surface area contributed by atoms with E-state index in [2.05, 4.69) is 0 Å². The molecule has 154 valence electrons. The maximum Gasteiger partial charge on any atom is 0.167 e. The molecule has 0 spiro atoms. The average Bonchev–Trinajstić information content (AvgIpc) is 2.61. The summed E-state index contributed by atoms with van der Waals surface area (Å²) in [7, 11) is 0. The maximum absolute atomic E-state index is 12.6. The number of hydrogen-bond acceptors (Lipinski definition) is 7. The highest BCUT2D eigenvalue weighted by molar-refractivity contribution is 6.03. The van der Waals surface area contributed by atoms with Crippen LogP contribution in [-0.2, 0) is 9.59 Å². The molecule has 0 aliphatic heterocycles. The van der Waals surface area contributed by atoms with Crippen molar-refractivity contribution in [2.45, 2.75) is 45.4 Å². The monoisotopic (exact) mass is 391 g/mol. The molecule has 1 aliphatic carbocycles. The van der Waals surface area contributed by atoms with Gasteiger partial charge in [-0.3, -0.25) is 14.4 Å². The summed E-state index contributed by atoms with van der Waals surface area (Å²) in [5.41, 5.74) is 7.37. The standard InChI is InChI=1S/C21H29NO6/c1-11(25)7-18(27)15(10-24)13(5-6-23)8-14-9-19(28)21-17(26)4-3-16(22)20(21)12(14)2/h3-4,12-15,23-24,26H,5-10,22H2,1-2H3. The molecule has 1 aromatic carbocycles. The van der Waals surface area contributed by atoms with E-state index < -0.39 is 12.5 Å². The van der Waals surface area contributed by atoms with Crippen LogP contribution in [0, 0.1) is 17.8 Å². The molecule has 2 rings (SSSR count). The van der Waals surface area contributed by atoms with Crippen LogP contribution in [0.25, 0.3) is 0 Å². The van der Waals surface area contributed by atoms with Gasteiger partial charge >= 0.3 is 0 Å². The van der Waals surface area contributed by atoms with Crippen LogP contribution in [-0.4, -0.2) is 45.9 Å². The lowest BCUT2D eigenvalue weighted by atomic mass is 9.68. The van der Waals surface area contributed by atoms with Gasteiger partial charge in [0.15, 0.2) is 5.78 Å². The minimum Gasteiger partial charge on any atom is -0.507 e. The second-order valence-electron chi connectivity index (χ2n) is 7.78. The molecule has 0 fully saturated rings. The number of nitrogens with two attached hydrogens (primary N) is 1. The summed E-state index contributed by atoms with van der Waals surface area (Å²) < 4.78 is 0. The fourth-order valence-electron chi connectivity index (χ4n) is 4.38. The smallest absolute Gasteiger partial charge is 0.167 e. The van der Waals surface area contributed by atoms with Crippen molar-refractivity contribution in [1.29, 1.82) is 0 Å². The van der Waals surface area contributed by atoms with E-state index in [4.69, 9.17) is 5.73 Å². The minimum atomic E-state index is -0.763. The van der Waals surface area contributed by atoms with Crippen LogP contribution in [0.2, 0.25) is 0 Å². The molecule has 28 heavy (non-hydrogen) atoms. The second-order valence-corrected chi connectivity index (χ2v) is 7.78. The molecule has 0 saturated carbocycles. The number of carbonyl (C=O) groups excluding carboxylic acids is 3. The SMILES string of the molecule is CC(=O)CC(=O)C(CO)C(CCO)CC1CC(=O)c2c(O)ccc(N)c2C1C. The van der Waals surface area contributed by atoms with Crippen LogP contribution >= 0.6 is 0 Å². The second kappa shape index (κ2) is 9.30. The summed E-state index contributed by atoms with van der Waals surface area (Å²) in [6.45, 7) is 2.67. The number of anilines is 1. The summed E-state index contributed by atoms with van der Waals surface area (Å²) in [4.78, 5) is 36.4. The molecule has 4 unspecified atom stereocenters. The highest BCUT2D eigenvalue weighted by Crippen LogP contribution is 2.45. The Balaban J connectivity index is 2.30. The highest BCUT2D eigenvalue weighted by atomic mass is 16.3. The lowest BCUT2D eigenvalue weighted by Gasteiger charge is -2.35. The van der Waals surface area contributed by atoms with Crippen molar-refractivity contribution in [3.8, 4) is 5.75 Å². The molecular formula is C21H29NO6.